The number of carbonyl (C=O) groups is 1. The van der Waals surface area contributed by atoms with Crippen LogP contribution in [0.5, 0.6) is 0 Å². The second-order valence-electron chi connectivity index (χ2n) is 5.60. The van der Waals surface area contributed by atoms with Gasteiger partial charge in [0.25, 0.3) is 0 Å². The molecule has 1 aliphatic heterocycles. The Morgan fingerprint density at radius 2 is 2.10 bits per heavy atom. The fourth-order valence-corrected chi connectivity index (χ4v) is 2.40. The zero-order chi connectivity index (χ0) is 14.6. The highest BCUT2D eigenvalue weighted by Gasteiger charge is 2.30. The van der Waals surface area contributed by atoms with Gasteiger partial charge in [-0.3, -0.25) is 4.79 Å². The van der Waals surface area contributed by atoms with E-state index < -0.39 is 0 Å². The van der Waals surface area contributed by atoms with E-state index in [1.54, 1.807) is 7.11 Å². The maximum atomic E-state index is 11.9. The summed E-state index contributed by atoms with van der Waals surface area (Å²) >= 11 is 0. The van der Waals surface area contributed by atoms with Gasteiger partial charge in [-0.25, -0.2) is 0 Å². The second-order valence-corrected chi connectivity index (χ2v) is 5.60. The zero-order valence-corrected chi connectivity index (χ0v) is 12.3. The van der Waals surface area contributed by atoms with Gasteiger partial charge in [-0.15, -0.1) is 0 Å². The first-order valence-corrected chi connectivity index (χ1v) is 6.78. The lowest BCUT2D eigenvalue weighted by Crippen LogP contribution is -2.50. The predicted octanol–water partition coefficient (Wildman–Crippen LogP) is 1.89. The number of anilines is 2. The third kappa shape index (κ3) is 3.63. The van der Waals surface area contributed by atoms with E-state index in [0.717, 1.165) is 17.9 Å². The van der Waals surface area contributed by atoms with E-state index in [1.807, 2.05) is 24.3 Å². The van der Waals surface area contributed by atoms with Crippen molar-refractivity contribution >= 4 is 17.3 Å². The van der Waals surface area contributed by atoms with Gasteiger partial charge in [-0.05, 0) is 26.0 Å². The van der Waals surface area contributed by atoms with Crippen LogP contribution in [0.25, 0.3) is 0 Å². The van der Waals surface area contributed by atoms with Crippen LogP contribution in [0.2, 0.25) is 0 Å². The summed E-state index contributed by atoms with van der Waals surface area (Å²) in [5.41, 5.74) is 2.00. The molecule has 0 unspecified atom stereocenters. The van der Waals surface area contributed by atoms with E-state index in [2.05, 4.69) is 24.1 Å². The molecule has 0 fully saturated rings. The van der Waals surface area contributed by atoms with E-state index in [1.165, 1.54) is 0 Å². The quantitative estimate of drug-likeness (QED) is 0.658. The molecule has 0 aliphatic carbocycles. The van der Waals surface area contributed by atoms with Crippen molar-refractivity contribution in [2.75, 3.05) is 43.6 Å². The molecule has 0 radical (unpaired) electrons. The Labute approximate surface area is 119 Å². The molecule has 0 bridgehead atoms. The summed E-state index contributed by atoms with van der Waals surface area (Å²) in [6.45, 7) is 5.97. The second kappa shape index (κ2) is 6.13. The molecule has 0 spiro atoms. The highest BCUT2D eigenvalue weighted by Crippen LogP contribution is 2.33. The van der Waals surface area contributed by atoms with Gasteiger partial charge in [-0.2, -0.15) is 0 Å². The van der Waals surface area contributed by atoms with Gasteiger partial charge in [-0.1, -0.05) is 12.1 Å². The SMILES string of the molecule is COCCOC(=O)CN1CC(C)(C)Nc2ccccc21. The number of carbonyl (C=O) groups excluding carboxylic acids is 1. The molecule has 0 saturated carbocycles. The van der Waals surface area contributed by atoms with Crippen LogP contribution in [0, 0.1) is 0 Å². The number of fused-ring (bicyclic) bond motifs is 1. The van der Waals surface area contributed by atoms with Crippen LogP contribution >= 0.6 is 0 Å². The third-order valence-electron chi connectivity index (χ3n) is 3.17. The van der Waals surface area contributed by atoms with Crippen LogP contribution in [0.4, 0.5) is 11.4 Å². The summed E-state index contributed by atoms with van der Waals surface area (Å²) in [5.74, 6) is -0.227. The minimum atomic E-state index is -0.227. The summed E-state index contributed by atoms with van der Waals surface area (Å²) in [7, 11) is 1.59. The van der Waals surface area contributed by atoms with Gasteiger partial charge in [0.05, 0.1) is 18.0 Å². The van der Waals surface area contributed by atoms with Crippen molar-refractivity contribution in [3.8, 4) is 0 Å². The first-order chi connectivity index (χ1) is 9.52. The van der Waals surface area contributed by atoms with Crippen molar-refractivity contribution in [1.29, 1.82) is 0 Å². The van der Waals surface area contributed by atoms with Crippen LogP contribution in [0.1, 0.15) is 13.8 Å². The maximum absolute atomic E-state index is 11.9. The summed E-state index contributed by atoms with van der Waals surface area (Å²) < 4.78 is 10.0. The van der Waals surface area contributed by atoms with Crippen LogP contribution in [-0.4, -0.2) is 44.9 Å². The Kier molecular flexibility index (Phi) is 4.49. The molecule has 0 atom stereocenters. The number of nitrogens with one attached hydrogen (secondary N) is 1. The predicted molar refractivity (Wildman–Crippen MR) is 79.2 cm³/mol. The number of ether oxygens (including phenoxy) is 2. The van der Waals surface area contributed by atoms with Crippen LogP contribution < -0.4 is 10.2 Å². The Hall–Kier alpha value is -1.75. The van der Waals surface area contributed by atoms with E-state index in [0.29, 0.717) is 13.2 Å². The molecule has 5 heteroatoms. The number of benzene rings is 1. The highest BCUT2D eigenvalue weighted by molar-refractivity contribution is 5.81. The molecule has 1 aromatic rings. The summed E-state index contributed by atoms with van der Waals surface area (Å²) in [6.07, 6.45) is 0. The maximum Gasteiger partial charge on any atom is 0.325 e. The average molecular weight is 278 g/mol. The number of hydrogen-bond donors (Lipinski definition) is 1. The molecule has 5 nitrogen and oxygen atoms in total. The molecule has 0 saturated heterocycles. The molecule has 1 aromatic carbocycles. The van der Waals surface area contributed by atoms with Crippen LogP contribution in [0.15, 0.2) is 24.3 Å². The third-order valence-corrected chi connectivity index (χ3v) is 3.17. The smallest absolute Gasteiger partial charge is 0.325 e. The lowest BCUT2D eigenvalue weighted by Gasteiger charge is -2.41. The minimum absolute atomic E-state index is 0.0822. The molecule has 2 rings (SSSR count). The molecule has 0 aromatic heterocycles. The van der Waals surface area contributed by atoms with Crippen LogP contribution in [0.3, 0.4) is 0 Å². The topological polar surface area (TPSA) is 50.8 Å². The molecule has 110 valence electrons. The standard InChI is InChI=1S/C15H22N2O3/c1-15(2)11-17(10-14(18)20-9-8-19-3)13-7-5-4-6-12(13)16-15/h4-7,16H,8-11H2,1-3H3. The van der Waals surface area contributed by atoms with Crippen LogP contribution in [-0.2, 0) is 14.3 Å². The van der Waals surface area contributed by atoms with Gasteiger partial charge >= 0.3 is 5.97 Å². The highest BCUT2D eigenvalue weighted by atomic mass is 16.6. The van der Waals surface area contributed by atoms with Gasteiger partial charge in [0.2, 0.25) is 0 Å². The van der Waals surface area contributed by atoms with Gasteiger partial charge in [0.15, 0.2) is 0 Å². The summed E-state index contributed by atoms with van der Waals surface area (Å²) in [4.78, 5) is 13.9. The molecular formula is C15H22N2O3. The van der Waals surface area contributed by atoms with E-state index in [4.69, 9.17) is 9.47 Å². The number of hydrogen-bond acceptors (Lipinski definition) is 5. The van der Waals surface area contributed by atoms with Gasteiger partial charge in [0, 0.05) is 19.2 Å². The summed E-state index contributed by atoms with van der Waals surface area (Å²) in [5, 5.41) is 3.48. The first-order valence-electron chi connectivity index (χ1n) is 6.78. The molecular weight excluding hydrogens is 256 g/mol. The number of nitrogens with zero attached hydrogens (tertiary/aromatic N) is 1. The largest absolute Gasteiger partial charge is 0.462 e. The van der Waals surface area contributed by atoms with Crippen molar-refractivity contribution in [1.82, 2.24) is 0 Å². The number of esters is 1. The lowest BCUT2D eigenvalue weighted by atomic mass is 9.99. The fraction of sp³-hybridized carbons (Fsp3) is 0.533. The minimum Gasteiger partial charge on any atom is -0.462 e. The van der Waals surface area contributed by atoms with E-state index in [-0.39, 0.29) is 18.1 Å². The average Bonchev–Trinajstić information content (AvgIpc) is 2.37. The first kappa shape index (κ1) is 14.7. The molecule has 20 heavy (non-hydrogen) atoms. The molecule has 0 amide bonds. The van der Waals surface area contributed by atoms with Gasteiger partial charge in [0.1, 0.15) is 13.2 Å². The Morgan fingerprint density at radius 3 is 2.85 bits per heavy atom. The monoisotopic (exact) mass is 278 g/mol. The molecule has 1 N–H and O–H groups in total. The Bertz CT molecular complexity index is 474. The summed E-state index contributed by atoms with van der Waals surface area (Å²) in [6, 6.07) is 8.00. The Balaban J connectivity index is 2.05. The van der Waals surface area contributed by atoms with E-state index in [9.17, 15) is 4.79 Å². The van der Waals surface area contributed by atoms with E-state index >= 15 is 0 Å². The van der Waals surface area contributed by atoms with Gasteiger partial charge < -0.3 is 19.7 Å². The van der Waals surface area contributed by atoms with Crippen molar-refractivity contribution in [3.05, 3.63) is 24.3 Å². The zero-order valence-electron chi connectivity index (χ0n) is 12.3. The Morgan fingerprint density at radius 1 is 1.35 bits per heavy atom. The van der Waals surface area contributed by atoms with Crippen molar-refractivity contribution in [2.45, 2.75) is 19.4 Å². The van der Waals surface area contributed by atoms with Crippen molar-refractivity contribution < 1.29 is 14.3 Å². The molecule has 1 heterocycles. The molecule has 1 aliphatic rings. The fourth-order valence-electron chi connectivity index (χ4n) is 2.40. The number of rotatable bonds is 5. The number of para-hydroxylation sites is 2. The van der Waals surface area contributed by atoms with Crippen molar-refractivity contribution in [3.63, 3.8) is 0 Å². The number of methoxy groups -OCH3 is 1. The van der Waals surface area contributed by atoms with Crippen molar-refractivity contribution in [2.24, 2.45) is 0 Å². The lowest BCUT2D eigenvalue weighted by molar-refractivity contribution is -0.143. The normalized spacial score (nSPS) is 16.2.